The fourth-order valence-corrected chi connectivity index (χ4v) is 4.83. The minimum atomic E-state index is 0. The van der Waals surface area contributed by atoms with Crippen LogP contribution in [0.2, 0.25) is 0 Å². The van der Waals surface area contributed by atoms with Gasteiger partial charge in [0.25, 0.3) is 0 Å². The molecule has 5 rings (SSSR count). The fraction of sp³-hybridized carbons (Fsp3) is 0.188. The van der Waals surface area contributed by atoms with Gasteiger partial charge in [0.1, 0.15) is 18.1 Å². The van der Waals surface area contributed by atoms with E-state index in [0.717, 1.165) is 23.6 Å². The number of hydrogen-bond donors (Lipinski definition) is 0. The second-order valence-corrected chi connectivity index (χ2v) is 9.13. The molecule has 1 unspecified atom stereocenters. The first-order valence-electron chi connectivity index (χ1n) is 12.1. The lowest BCUT2D eigenvalue weighted by atomic mass is 9.81. The standard InChI is InChI=1S/C32H31NO2.ClH/c1-33(2)20-21-35-31-15-9-8-14-29(31)32(23-16-18-25(34-3)19-17-23)30-22-24-10-4-5-11-26(24)27-12-6-7-13-28(27)30;/h4-19,22,32H,20-21H2,1-3H3;1H. The van der Waals surface area contributed by atoms with Gasteiger partial charge in [0, 0.05) is 18.0 Å². The van der Waals surface area contributed by atoms with Crippen molar-refractivity contribution in [2.75, 3.05) is 34.4 Å². The molecule has 0 saturated carbocycles. The maximum absolute atomic E-state index is 6.35. The number of methoxy groups -OCH3 is 1. The average Bonchev–Trinajstić information content (AvgIpc) is 2.90. The van der Waals surface area contributed by atoms with Crippen LogP contribution >= 0.6 is 12.4 Å². The summed E-state index contributed by atoms with van der Waals surface area (Å²) < 4.78 is 11.8. The molecule has 184 valence electrons. The summed E-state index contributed by atoms with van der Waals surface area (Å²) in [7, 11) is 5.84. The minimum absolute atomic E-state index is 0. The monoisotopic (exact) mass is 497 g/mol. The van der Waals surface area contributed by atoms with Crippen molar-refractivity contribution in [1.82, 2.24) is 4.90 Å². The molecule has 0 radical (unpaired) electrons. The molecule has 0 fully saturated rings. The van der Waals surface area contributed by atoms with Crippen molar-refractivity contribution >= 4 is 34.0 Å². The second-order valence-electron chi connectivity index (χ2n) is 9.13. The molecule has 0 aromatic heterocycles. The van der Waals surface area contributed by atoms with Crippen LogP contribution in [0.15, 0.2) is 103 Å². The molecular weight excluding hydrogens is 466 g/mol. The Morgan fingerprint density at radius 2 is 1.33 bits per heavy atom. The molecule has 5 aromatic rings. The largest absolute Gasteiger partial charge is 0.497 e. The van der Waals surface area contributed by atoms with Crippen molar-refractivity contribution < 1.29 is 9.47 Å². The van der Waals surface area contributed by atoms with E-state index in [4.69, 9.17) is 9.47 Å². The van der Waals surface area contributed by atoms with E-state index in [1.807, 2.05) is 12.1 Å². The smallest absolute Gasteiger partial charge is 0.123 e. The molecule has 5 aromatic carbocycles. The number of halogens is 1. The highest BCUT2D eigenvalue weighted by Gasteiger charge is 2.23. The van der Waals surface area contributed by atoms with E-state index >= 15 is 0 Å². The normalized spacial score (nSPS) is 11.9. The average molecular weight is 498 g/mol. The Balaban J connectivity index is 0.00000304. The zero-order valence-electron chi connectivity index (χ0n) is 21.0. The predicted molar refractivity (Wildman–Crippen MR) is 153 cm³/mol. The number of rotatable bonds is 8. The third-order valence-electron chi connectivity index (χ3n) is 6.59. The maximum Gasteiger partial charge on any atom is 0.123 e. The summed E-state index contributed by atoms with van der Waals surface area (Å²) in [6, 6.07) is 36.6. The van der Waals surface area contributed by atoms with Gasteiger partial charge < -0.3 is 14.4 Å². The summed E-state index contributed by atoms with van der Waals surface area (Å²) in [6.07, 6.45) is 0. The highest BCUT2D eigenvalue weighted by molar-refractivity contribution is 6.09. The first-order valence-corrected chi connectivity index (χ1v) is 12.1. The van der Waals surface area contributed by atoms with E-state index in [2.05, 4.69) is 110 Å². The van der Waals surface area contributed by atoms with Crippen LogP contribution in [-0.4, -0.2) is 39.3 Å². The molecule has 0 spiro atoms. The van der Waals surface area contributed by atoms with E-state index in [9.17, 15) is 0 Å². The van der Waals surface area contributed by atoms with Crippen LogP contribution in [0, 0.1) is 0 Å². The molecule has 1 atom stereocenters. The summed E-state index contributed by atoms with van der Waals surface area (Å²) >= 11 is 0. The van der Waals surface area contributed by atoms with Gasteiger partial charge in [-0.25, -0.2) is 0 Å². The molecule has 36 heavy (non-hydrogen) atoms. The van der Waals surface area contributed by atoms with Gasteiger partial charge in [0.05, 0.1) is 7.11 Å². The topological polar surface area (TPSA) is 21.7 Å². The lowest BCUT2D eigenvalue weighted by molar-refractivity contribution is 0.259. The highest BCUT2D eigenvalue weighted by atomic mass is 35.5. The zero-order chi connectivity index (χ0) is 24.2. The summed E-state index contributed by atoms with van der Waals surface area (Å²) in [4.78, 5) is 2.14. The number of nitrogens with zero attached hydrogens (tertiary/aromatic N) is 1. The molecule has 0 saturated heterocycles. The van der Waals surface area contributed by atoms with E-state index in [0.29, 0.717) is 6.61 Å². The molecule has 0 aliphatic rings. The third kappa shape index (κ3) is 5.18. The van der Waals surface area contributed by atoms with E-state index in [1.165, 1.54) is 32.7 Å². The van der Waals surface area contributed by atoms with Crippen LogP contribution in [0.4, 0.5) is 0 Å². The van der Waals surface area contributed by atoms with E-state index < -0.39 is 0 Å². The van der Waals surface area contributed by atoms with Crippen molar-refractivity contribution in [3.8, 4) is 11.5 Å². The quantitative estimate of drug-likeness (QED) is 0.163. The van der Waals surface area contributed by atoms with Crippen LogP contribution in [0.5, 0.6) is 11.5 Å². The third-order valence-corrected chi connectivity index (χ3v) is 6.59. The molecule has 0 aliphatic heterocycles. The van der Waals surface area contributed by atoms with E-state index in [-0.39, 0.29) is 18.3 Å². The Labute approximate surface area is 219 Å². The molecule has 0 aliphatic carbocycles. The summed E-state index contributed by atoms with van der Waals surface area (Å²) in [6.45, 7) is 1.50. The molecule has 0 bridgehead atoms. The van der Waals surface area contributed by atoms with Crippen molar-refractivity contribution in [2.45, 2.75) is 5.92 Å². The van der Waals surface area contributed by atoms with Crippen LogP contribution in [0.25, 0.3) is 21.5 Å². The van der Waals surface area contributed by atoms with Gasteiger partial charge >= 0.3 is 0 Å². The van der Waals surface area contributed by atoms with E-state index in [1.54, 1.807) is 7.11 Å². The van der Waals surface area contributed by atoms with Crippen LogP contribution in [0.1, 0.15) is 22.6 Å². The Kier molecular flexibility index (Phi) is 8.14. The molecular formula is C32H32ClNO2. The SMILES string of the molecule is COc1ccc(C(c2ccccc2OCCN(C)C)c2cc3ccccc3c3ccccc23)cc1.Cl. The fourth-order valence-electron chi connectivity index (χ4n) is 4.83. The first-order chi connectivity index (χ1) is 17.2. The van der Waals surface area contributed by atoms with Crippen molar-refractivity contribution in [2.24, 2.45) is 0 Å². The van der Waals surface area contributed by atoms with Gasteiger partial charge in [-0.15, -0.1) is 12.4 Å². The number of fused-ring (bicyclic) bond motifs is 3. The number of ether oxygens (including phenoxy) is 2. The number of hydrogen-bond acceptors (Lipinski definition) is 3. The van der Waals surface area contributed by atoms with Crippen molar-refractivity contribution in [1.29, 1.82) is 0 Å². The van der Waals surface area contributed by atoms with Gasteiger partial charge in [0.2, 0.25) is 0 Å². The Bertz CT molecular complexity index is 1450. The van der Waals surface area contributed by atoms with Crippen LogP contribution in [0.3, 0.4) is 0 Å². The van der Waals surface area contributed by atoms with Gasteiger partial charge in [-0.1, -0.05) is 78.9 Å². The number of likely N-dealkylation sites (N-methyl/N-ethyl adjacent to an activating group) is 1. The number of para-hydroxylation sites is 1. The zero-order valence-corrected chi connectivity index (χ0v) is 21.8. The van der Waals surface area contributed by atoms with Gasteiger partial charge in [-0.05, 0) is 71.0 Å². The van der Waals surface area contributed by atoms with Crippen LogP contribution < -0.4 is 9.47 Å². The van der Waals surface area contributed by atoms with Gasteiger partial charge in [-0.3, -0.25) is 0 Å². The molecule has 0 heterocycles. The van der Waals surface area contributed by atoms with Gasteiger partial charge in [0.15, 0.2) is 0 Å². The predicted octanol–water partition coefficient (Wildman–Crippen LogP) is 7.54. The maximum atomic E-state index is 6.35. The molecule has 0 amide bonds. The second kappa shape index (κ2) is 11.5. The van der Waals surface area contributed by atoms with Gasteiger partial charge in [-0.2, -0.15) is 0 Å². The highest BCUT2D eigenvalue weighted by Crippen LogP contribution is 2.42. The lowest BCUT2D eigenvalue weighted by Crippen LogP contribution is -2.20. The van der Waals surface area contributed by atoms with Crippen LogP contribution in [-0.2, 0) is 0 Å². The summed E-state index contributed by atoms with van der Waals surface area (Å²) in [5, 5.41) is 5.04. The Hall–Kier alpha value is -3.53. The van der Waals surface area contributed by atoms with Crippen molar-refractivity contribution in [3.63, 3.8) is 0 Å². The Morgan fingerprint density at radius 3 is 2.06 bits per heavy atom. The first kappa shape index (κ1) is 25.6. The van der Waals surface area contributed by atoms with Crippen molar-refractivity contribution in [3.05, 3.63) is 120 Å². The molecule has 3 nitrogen and oxygen atoms in total. The Morgan fingerprint density at radius 1 is 0.694 bits per heavy atom. The molecule has 0 N–H and O–H groups in total. The summed E-state index contributed by atoms with van der Waals surface area (Å²) in [5.41, 5.74) is 3.64. The lowest BCUT2D eigenvalue weighted by Gasteiger charge is -2.24. The summed E-state index contributed by atoms with van der Waals surface area (Å²) in [5.74, 6) is 1.78. The minimum Gasteiger partial charge on any atom is -0.497 e. The molecule has 4 heteroatoms. The number of benzene rings is 5.